The molecule has 1 saturated carbocycles. The second-order valence-corrected chi connectivity index (χ2v) is 8.13. The van der Waals surface area contributed by atoms with E-state index < -0.39 is 0 Å². The third-order valence-corrected chi connectivity index (χ3v) is 6.26. The summed E-state index contributed by atoms with van der Waals surface area (Å²) in [5, 5.41) is 11.9. The molecule has 0 aromatic carbocycles. The normalized spacial score (nSPS) is 21.1. The van der Waals surface area contributed by atoms with Gasteiger partial charge >= 0.3 is 0 Å². The van der Waals surface area contributed by atoms with Crippen LogP contribution in [0.3, 0.4) is 0 Å². The van der Waals surface area contributed by atoms with Crippen molar-refractivity contribution in [3.8, 4) is 0 Å². The monoisotopic (exact) mass is 420 g/mol. The highest BCUT2D eigenvalue weighted by Gasteiger charge is 2.37. The van der Waals surface area contributed by atoms with Gasteiger partial charge in [0.05, 0.1) is 18.0 Å². The number of Topliss-reactive ketones (excluding diaryl/α,β-unsaturated/α-hetero) is 1. The SMILES string of the molecule is CC[C@@H]1C[C@H](NC(=O)CCC(=O)c2ccco2)C[C@@H]1c1nnc2cnc3[nH]ccc3n12. The first-order chi connectivity index (χ1) is 15.1. The number of carbonyl (C=O) groups excluding carboxylic acids is 2. The lowest BCUT2D eigenvalue weighted by molar-refractivity contribution is -0.121. The topological polar surface area (TPSA) is 118 Å². The maximum absolute atomic E-state index is 12.5. The zero-order valence-electron chi connectivity index (χ0n) is 17.2. The Kier molecular flexibility index (Phi) is 5.01. The Bertz CT molecular complexity index is 1220. The van der Waals surface area contributed by atoms with E-state index >= 15 is 0 Å². The highest BCUT2D eigenvalue weighted by atomic mass is 16.3. The summed E-state index contributed by atoms with van der Waals surface area (Å²) in [4.78, 5) is 32.1. The zero-order valence-corrected chi connectivity index (χ0v) is 17.2. The molecule has 9 nitrogen and oxygen atoms in total. The number of aromatic amines is 1. The van der Waals surface area contributed by atoms with Crippen molar-refractivity contribution in [3.63, 3.8) is 0 Å². The van der Waals surface area contributed by atoms with Crippen molar-refractivity contribution in [1.29, 1.82) is 0 Å². The number of nitrogens with one attached hydrogen (secondary N) is 2. The van der Waals surface area contributed by atoms with E-state index in [0.717, 1.165) is 41.9 Å². The molecule has 4 heterocycles. The molecule has 5 rings (SSSR count). The van der Waals surface area contributed by atoms with Crippen LogP contribution in [0, 0.1) is 5.92 Å². The Morgan fingerprint density at radius 2 is 2.16 bits per heavy atom. The molecule has 1 aliphatic carbocycles. The van der Waals surface area contributed by atoms with Crippen molar-refractivity contribution >= 4 is 28.5 Å². The number of carbonyl (C=O) groups is 2. The van der Waals surface area contributed by atoms with Crippen LogP contribution in [0.5, 0.6) is 0 Å². The van der Waals surface area contributed by atoms with Crippen molar-refractivity contribution in [2.24, 2.45) is 5.92 Å². The zero-order chi connectivity index (χ0) is 21.4. The second kappa shape index (κ2) is 7.98. The molecule has 1 fully saturated rings. The number of rotatable bonds is 7. The van der Waals surface area contributed by atoms with Gasteiger partial charge in [0.25, 0.3) is 0 Å². The van der Waals surface area contributed by atoms with E-state index in [1.807, 2.05) is 12.3 Å². The van der Waals surface area contributed by atoms with E-state index in [9.17, 15) is 9.59 Å². The van der Waals surface area contributed by atoms with Crippen LogP contribution in [0.25, 0.3) is 16.8 Å². The van der Waals surface area contributed by atoms with E-state index in [1.54, 1.807) is 18.3 Å². The third kappa shape index (κ3) is 3.60. The van der Waals surface area contributed by atoms with Crippen LogP contribution >= 0.6 is 0 Å². The smallest absolute Gasteiger partial charge is 0.220 e. The molecule has 1 amide bonds. The van der Waals surface area contributed by atoms with Crippen LogP contribution < -0.4 is 5.32 Å². The molecule has 3 atom stereocenters. The molecule has 31 heavy (non-hydrogen) atoms. The Morgan fingerprint density at radius 1 is 1.26 bits per heavy atom. The first-order valence-electron chi connectivity index (χ1n) is 10.7. The lowest BCUT2D eigenvalue weighted by atomic mass is 9.93. The molecule has 0 radical (unpaired) electrons. The van der Waals surface area contributed by atoms with Gasteiger partial charge < -0.3 is 14.7 Å². The van der Waals surface area contributed by atoms with Crippen LogP contribution in [0.4, 0.5) is 0 Å². The number of nitrogens with zero attached hydrogens (tertiary/aromatic N) is 4. The lowest BCUT2D eigenvalue weighted by Gasteiger charge is -2.15. The molecule has 4 aromatic rings. The van der Waals surface area contributed by atoms with Crippen LogP contribution in [-0.2, 0) is 4.79 Å². The number of amides is 1. The van der Waals surface area contributed by atoms with Gasteiger partial charge in [0.15, 0.2) is 22.8 Å². The van der Waals surface area contributed by atoms with Gasteiger partial charge in [-0.05, 0) is 37.0 Å². The summed E-state index contributed by atoms with van der Waals surface area (Å²) in [7, 11) is 0. The molecule has 0 unspecified atom stereocenters. The lowest BCUT2D eigenvalue weighted by Crippen LogP contribution is -2.33. The van der Waals surface area contributed by atoms with Gasteiger partial charge in [0, 0.05) is 31.0 Å². The molecule has 160 valence electrons. The molecule has 0 aliphatic heterocycles. The first kappa shape index (κ1) is 19.5. The fourth-order valence-corrected chi connectivity index (χ4v) is 4.74. The van der Waals surface area contributed by atoms with E-state index in [2.05, 4.69) is 36.8 Å². The van der Waals surface area contributed by atoms with Gasteiger partial charge in [0.2, 0.25) is 5.91 Å². The van der Waals surface area contributed by atoms with Gasteiger partial charge in [-0.15, -0.1) is 10.2 Å². The summed E-state index contributed by atoms with van der Waals surface area (Å²) in [5.74, 6) is 1.53. The summed E-state index contributed by atoms with van der Waals surface area (Å²) in [6, 6.07) is 5.32. The van der Waals surface area contributed by atoms with Crippen molar-refractivity contribution in [1.82, 2.24) is 29.9 Å². The summed E-state index contributed by atoms with van der Waals surface area (Å²) in [6.07, 6.45) is 8.01. The van der Waals surface area contributed by atoms with Crippen LogP contribution in [0.1, 0.15) is 61.3 Å². The Balaban J connectivity index is 1.29. The minimum Gasteiger partial charge on any atom is -0.461 e. The highest BCUT2D eigenvalue weighted by Crippen LogP contribution is 2.41. The van der Waals surface area contributed by atoms with Gasteiger partial charge in [-0.25, -0.2) is 4.98 Å². The number of H-pyrrole nitrogens is 1. The highest BCUT2D eigenvalue weighted by molar-refractivity contribution is 5.95. The maximum atomic E-state index is 12.5. The molecular weight excluding hydrogens is 396 g/mol. The fraction of sp³-hybridized carbons (Fsp3) is 0.409. The molecular formula is C22H24N6O3. The summed E-state index contributed by atoms with van der Waals surface area (Å²) < 4.78 is 7.17. The van der Waals surface area contributed by atoms with Gasteiger partial charge in [-0.1, -0.05) is 13.3 Å². The van der Waals surface area contributed by atoms with E-state index in [0.29, 0.717) is 11.7 Å². The predicted molar refractivity (Wildman–Crippen MR) is 113 cm³/mol. The molecule has 0 saturated heterocycles. The van der Waals surface area contributed by atoms with Crippen molar-refractivity contribution < 1.29 is 14.0 Å². The van der Waals surface area contributed by atoms with Gasteiger partial charge in [-0.2, -0.15) is 0 Å². The Morgan fingerprint density at radius 3 is 2.97 bits per heavy atom. The molecule has 0 bridgehead atoms. The van der Waals surface area contributed by atoms with E-state index in [-0.39, 0.29) is 36.5 Å². The Labute approximate surface area is 178 Å². The summed E-state index contributed by atoms with van der Waals surface area (Å²) in [6.45, 7) is 2.17. The maximum Gasteiger partial charge on any atom is 0.220 e. The number of hydrogen-bond donors (Lipinski definition) is 2. The minimum absolute atomic E-state index is 0.0528. The average Bonchev–Trinajstić information content (AvgIpc) is 3.56. The minimum atomic E-state index is -0.157. The number of aromatic nitrogens is 5. The van der Waals surface area contributed by atoms with Gasteiger partial charge in [-0.3, -0.25) is 14.0 Å². The molecule has 1 aliphatic rings. The number of fused-ring (bicyclic) bond motifs is 3. The average molecular weight is 420 g/mol. The van der Waals surface area contributed by atoms with Gasteiger partial charge in [0.1, 0.15) is 5.82 Å². The van der Waals surface area contributed by atoms with Crippen molar-refractivity contribution in [3.05, 3.63) is 48.4 Å². The quantitative estimate of drug-likeness (QED) is 0.443. The Hall–Kier alpha value is -3.49. The largest absolute Gasteiger partial charge is 0.461 e. The van der Waals surface area contributed by atoms with Crippen LogP contribution in [0.15, 0.2) is 41.3 Å². The third-order valence-electron chi connectivity index (χ3n) is 6.26. The van der Waals surface area contributed by atoms with Crippen LogP contribution in [-0.4, -0.2) is 42.3 Å². The van der Waals surface area contributed by atoms with E-state index in [4.69, 9.17) is 4.42 Å². The fourth-order valence-electron chi connectivity index (χ4n) is 4.74. The standard InChI is InChI=1S/C22H24N6O3/c1-2-13-10-14(25-20(30)6-5-17(29)18-4-3-9-31-18)11-15(13)22-27-26-19-12-24-21-16(28(19)22)7-8-23-21/h3-4,7-9,12-15,23H,2,5-6,10-11H2,1H3,(H,25,30)/t13-,14+,15+/m1/s1. The molecule has 9 heteroatoms. The van der Waals surface area contributed by atoms with E-state index in [1.165, 1.54) is 6.26 Å². The molecule has 2 N–H and O–H groups in total. The number of hydrogen-bond acceptors (Lipinski definition) is 6. The first-order valence-corrected chi connectivity index (χ1v) is 10.7. The van der Waals surface area contributed by atoms with Crippen molar-refractivity contribution in [2.45, 2.75) is 51.0 Å². The predicted octanol–water partition coefficient (Wildman–Crippen LogP) is 3.25. The summed E-state index contributed by atoms with van der Waals surface area (Å²) in [5.41, 5.74) is 2.47. The second-order valence-electron chi connectivity index (χ2n) is 8.13. The number of ketones is 1. The number of furan rings is 1. The molecule has 0 spiro atoms. The van der Waals surface area contributed by atoms with Crippen molar-refractivity contribution in [2.75, 3.05) is 0 Å². The molecule has 4 aromatic heterocycles. The van der Waals surface area contributed by atoms with Crippen LogP contribution in [0.2, 0.25) is 0 Å². The summed E-state index contributed by atoms with van der Waals surface area (Å²) >= 11 is 0.